The van der Waals surface area contributed by atoms with E-state index in [4.69, 9.17) is 5.84 Å². The molecule has 0 bridgehead atoms. The molecule has 0 aliphatic rings. The number of quaternary nitrogens is 1. The van der Waals surface area contributed by atoms with Crippen molar-refractivity contribution in [3.8, 4) is 0 Å². The maximum Gasteiger partial charge on any atom is 0.0956 e. The molecule has 12 heavy (non-hydrogen) atoms. The summed E-state index contributed by atoms with van der Waals surface area (Å²) in [5.41, 5.74) is 0. The van der Waals surface area contributed by atoms with Crippen LogP contribution in [0.15, 0.2) is 0 Å². The topological polar surface area (TPSA) is 26.0 Å². The van der Waals surface area contributed by atoms with E-state index in [9.17, 15) is 0 Å². The van der Waals surface area contributed by atoms with Crippen molar-refractivity contribution in [2.75, 3.05) is 20.6 Å². The van der Waals surface area contributed by atoms with Crippen molar-refractivity contribution < 1.29 is 4.59 Å². The first-order valence-corrected chi connectivity index (χ1v) is 5.07. The monoisotopic (exact) mass is 174 g/mol. The normalized spacial score (nSPS) is 14.8. The largest absolute Gasteiger partial charge is 0.253 e. The quantitative estimate of drug-likeness (QED) is 0.284. The van der Waals surface area contributed by atoms with Gasteiger partial charge in [0.2, 0.25) is 0 Å². The maximum atomic E-state index is 5.83. The molecule has 0 heterocycles. The Morgan fingerprint density at radius 1 is 1.25 bits per heavy atom. The van der Waals surface area contributed by atoms with Crippen molar-refractivity contribution >= 4 is 0 Å². The van der Waals surface area contributed by atoms with E-state index in [1.165, 1.54) is 25.7 Å². The molecule has 2 nitrogen and oxygen atoms in total. The number of nitrogens with two attached hydrogens (primary N) is 1. The Labute approximate surface area is 77.3 Å². The molecule has 0 saturated carbocycles. The third-order valence-corrected chi connectivity index (χ3v) is 2.21. The minimum absolute atomic E-state index is 0.610. The summed E-state index contributed by atoms with van der Waals surface area (Å²) in [7, 11) is 4.09. The van der Waals surface area contributed by atoms with Gasteiger partial charge < -0.3 is 0 Å². The number of hydrogen-bond donors (Lipinski definition) is 1. The smallest absolute Gasteiger partial charge is 0.0956 e. The zero-order valence-corrected chi connectivity index (χ0v) is 9.14. The van der Waals surface area contributed by atoms with Crippen molar-refractivity contribution in [1.29, 1.82) is 0 Å². The zero-order chi connectivity index (χ0) is 9.61. The second kappa shape index (κ2) is 5.55. The van der Waals surface area contributed by atoms with Crippen LogP contribution < -0.4 is 5.84 Å². The van der Waals surface area contributed by atoms with E-state index in [0.717, 1.165) is 12.5 Å². The molecule has 0 aromatic carbocycles. The Kier molecular flexibility index (Phi) is 5.51. The van der Waals surface area contributed by atoms with Crippen molar-refractivity contribution in [3.63, 3.8) is 0 Å². The van der Waals surface area contributed by atoms with Gasteiger partial charge in [0.1, 0.15) is 0 Å². The lowest BCUT2D eigenvalue weighted by molar-refractivity contribution is -0.902. The Bertz CT molecular complexity index is 105. The molecule has 0 aliphatic heterocycles. The van der Waals surface area contributed by atoms with E-state index in [1.807, 2.05) is 14.1 Å². The fraction of sp³-hybridized carbons (Fsp3) is 1.00. The molecule has 1 atom stereocenters. The van der Waals surface area contributed by atoms with Crippen LogP contribution in [0.1, 0.15) is 39.5 Å². The molecular formula is C10H25N2+. The summed E-state index contributed by atoms with van der Waals surface area (Å²) in [5, 5.41) is 0. The summed E-state index contributed by atoms with van der Waals surface area (Å²) in [6, 6.07) is 0. The first kappa shape index (κ1) is 11.9. The van der Waals surface area contributed by atoms with E-state index in [1.54, 1.807) is 0 Å². The standard InChI is InChI=1S/C10H25N2/c1-5-7-10(2)8-6-9-12(3,4)11/h10H,5-9,11H2,1-4H3/q+1/i12+1. The van der Waals surface area contributed by atoms with E-state index in [0.29, 0.717) is 4.59 Å². The maximum absolute atomic E-state index is 5.83. The molecular weight excluding hydrogens is 149 g/mol. The molecule has 0 fully saturated rings. The predicted molar refractivity (Wildman–Crippen MR) is 54.5 cm³/mol. The average Bonchev–Trinajstić information content (AvgIpc) is 1.84. The zero-order valence-electron chi connectivity index (χ0n) is 9.14. The third kappa shape index (κ3) is 8.02. The summed E-state index contributed by atoms with van der Waals surface area (Å²) in [6.45, 7) is 5.67. The van der Waals surface area contributed by atoms with Crippen LogP contribution in [0.2, 0.25) is 0 Å². The molecule has 0 spiro atoms. The molecule has 2 N–H and O–H groups in total. The second-order valence-corrected chi connectivity index (χ2v) is 4.54. The Morgan fingerprint density at radius 3 is 2.25 bits per heavy atom. The Hall–Kier alpha value is -0.0800. The predicted octanol–water partition coefficient (Wildman–Crippen LogP) is 2.15. The summed E-state index contributed by atoms with van der Waals surface area (Å²) < 4.78 is 0.610. The average molecular weight is 174 g/mol. The van der Waals surface area contributed by atoms with Crippen LogP contribution in [-0.4, -0.2) is 25.2 Å². The van der Waals surface area contributed by atoms with Gasteiger partial charge >= 0.3 is 0 Å². The van der Waals surface area contributed by atoms with Crippen LogP contribution in [0.5, 0.6) is 0 Å². The van der Waals surface area contributed by atoms with E-state index in [-0.39, 0.29) is 0 Å². The van der Waals surface area contributed by atoms with Crippen LogP contribution in [-0.2, 0) is 0 Å². The molecule has 1 unspecified atom stereocenters. The van der Waals surface area contributed by atoms with Crippen molar-refractivity contribution in [2.24, 2.45) is 11.8 Å². The Balaban J connectivity index is 3.31. The lowest BCUT2D eigenvalue weighted by Crippen LogP contribution is -2.47. The van der Waals surface area contributed by atoms with Gasteiger partial charge in [-0.3, -0.25) is 4.59 Å². The van der Waals surface area contributed by atoms with Gasteiger partial charge in [-0.15, -0.1) is 0 Å². The van der Waals surface area contributed by atoms with Crippen LogP contribution >= 0.6 is 0 Å². The third-order valence-electron chi connectivity index (χ3n) is 2.21. The van der Waals surface area contributed by atoms with Gasteiger partial charge in [0.25, 0.3) is 0 Å². The van der Waals surface area contributed by atoms with Gasteiger partial charge in [0.15, 0.2) is 0 Å². The van der Waals surface area contributed by atoms with Crippen molar-refractivity contribution in [2.45, 2.75) is 39.5 Å². The van der Waals surface area contributed by atoms with E-state index >= 15 is 0 Å². The molecule has 0 aliphatic carbocycles. The summed E-state index contributed by atoms with van der Waals surface area (Å²) in [6.07, 6.45) is 5.25. The van der Waals surface area contributed by atoms with E-state index < -0.39 is 0 Å². The highest BCUT2D eigenvalue weighted by Crippen LogP contribution is 2.12. The number of nitrogens with zero attached hydrogens (tertiary/aromatic N) is 1. The Morgan fingerprint density at radius 2 is 1.83 bits per heavy atom. The highest BCUT2D eigenvalue weighted by atomic mass is 16.2. The van der Waals surface area contributed by atoms with Crippen LogP contribution in [0.4, 0.5) is 0 Å². The van der Waals surface area contributed by atoms with Gasteiger partial charge in [0.05, 0.1) is 20.6 Å². The molecule has 0 radical (unpaired) electrons. The second-order valence-electron chi connectivity index (χ2n) is 4.54. The first-order valence-electron chi connectivity index (χ1n) is 5.07. The molecule has 0 saturated heterocycles. The van der Waals surface area contributed by atoms with Crippen LogP contribution in [0.25, 0.3) is 0 Å². The molecule has 74 valence electrons. The van der Waals surface area contributed by atoms with Gasteiger partial charge in [0, 0.05) is 0 Å². The molecule has 0 rings (SSSR count). The molecule has 0 amide bonds. The molecule has 0 aromatic rings. The summed E-state index contributed by atoms with van der Waals surface area (Å²) in [5.74, 6) is 6.71. The van der Waals surface area contributed by atoms with Gasteiger partial charge in [-0.1, -0.05) is 26.7 Å². The minimum Gasteiger partial charge on any atom is -0.253 e. The molecule has 2 heteroatoms. The SMILES string of the molecule is CCCC(C)CCC[15N+](C)(C)N. The van der Waals surface area contributed by atoms with Crippen molar-refractivity contribution in [1.82, 2.24) is 0 Å². The number of rotatable bonds is 6. The summed E-state index contributed by atoms with van der Waals surface area (Å²) >= 11 is 0. The minimum atomic E-state index is 0.610. The fourth-order valence-corrected chi connectivity index (χ4v) is 1.48. The van der Waals surface area contributed by atoms with Crippen LogP contribution in [0, 0.1) is 5.92 Å². The van der Waals surface area contributed by atoms with Gasteiger partial charge in [-0.05, 0) is 18.8 Å². The first-order chi connectivity index (χ1) is 5.45. The highest BCUT2D eigenvalue weighted by Gasteiger charge is 2.08. The molecule has 0 aromatic heterocycles. The summed E-state index contributed by atoms with van der Waals surface area (Å²) in [4.78, 5) is 0. The van der Waals surface area contributed by atoms with Gasteiger partial charge in [-0.2, -0.15) is 5.84 Å². The van der Waals surface area contributed by atoms with Crippen LogP contribution in [0.3, 0.4) is 0 Å². The number of hydrogen-bond acceptors (Lipinski definition) is 1. The lowest BCUT2D eigenvalue weighted by atomic mass is 10.0. The van der Waals surface area contributed by atoms with Gasteiger partial charge in [-0.25, -0.2) is 0 Å². The highest BCUT2D eigenvalue weighted by molar-refractivity contribution is 4.51. The lowest BCUT2D eigenvalue weighted by Gasteiger charge is -2.22. The van der Waals surface area contributed by atoms with E-state index in [2.05, 4.69) is 13.8 Å². The van der Waals surface area contributed by atoms with Crippen molar-refractivity contribution in [3.05, 3.63) is 0 Å². The fourth-order valence-electron chi connectivity index (χ4n) is 1.48.